The lowest BCUT2D eigenvalue weighted by atomic mass is 10.2. The van der Waals surface area contributed by atoms with Gasteiger partial charge in [-0.15, -0.1) is 0 Å². The summed E-state index contributed by atoms with van der Waals surface area (Å²) in [5.41, 5.74) is 0.998. The summed E-state index contributed by atoms with van der Waals surface area (Å²) in [6.07, 6.45) is 3.37. The average molecular weight is 190 g/mol. The molecule has 0 amide bonds. The molecular weight excluding hydrogens is 180 g/mol. The number of carboxylic acids is 1. The van der Waals surface area contributed by atoms with Crippen LogP contribution in [0.3, 0.4) is 0 Å². The number of benzene rings is 1. The highest BCUT2D eigenvalue weighted by Gasteiger charge is 1.87. The van der Waals surface area contributed by atoms with Gasteiger partial charge in [-0.1, -0.05) is 18.2 Å². The van der Waals surface area contributed by atoms with Crippen LogP contribution >= 0.6 is 0 Å². The topological polar surface area (TPSA) is 63.1 Å². The molecule has 0 spiro atoms. The van der Waals surface area contributed by atoms with Crippen LogP contribution in [0.25, 0.3) is 10.9 Å². The number of carbonyl (C=O) groups is 1. The average Bonchev–Trinajstić information content (AvgIpc) is 2.17. The maximum atomic E-state index is 9.00. The highest BCUT2D eigenvalue weighted by atomic mass is 16.4. The highest BCUT2D eigenvalue weighted by Crippen LogP contribution is 2.06. The van der Waals surface area contributed by atoms with Crippen molar-refractivity contribution in [2.24, 2.45) is 0 Å². The Bertz CT molecular complexity index is 360. The van der Waals surface area contributed by atoms with Gasteiger partial charge in [-0.25, -0.2) is 9.97 Å². The first-order valence-electron chi connectivity index (χ1n) is 4.04. The van der Waals surface area contributed by atoms with Crippen LogP contribution < -0.4 is 0 Å². The smallest absolute Gasteiger partial charge is 0.300 e. The number of hydrogen-bond acceptors (Lipinski definition) is 3. The van der Waals surface area contributed by atoms with Crippen molar-refractivity contribution < 1.29 is 9.90 Å². The quantitative estimate of drug-likeness (QED) is 0.687. The van der Waals surface area contributed by atoms with Gasteiger partial charge < -0.3 is 5.11 Å². The zero-order valence-electron chi connectivity index (χ0n) is 7.71. The van der Waals surface area contributed by atoms with E-state index in [2.05, 4.69) is 9.97 Å². The van der Waals surface area contributed by atoms with Crippen molar-refractivity contribution in [3.63, 3.8) is 0 Å². The Morgan fingerprint density at radius 2 is 2.00 bits per heavy atom. The molecule has 0 saturated carbocycles. The minimum absolute atomic E-state index is 0.833. The first-order valence-corrected chi connectivity index (χ1v) is 4.04. The van der Waals surface area contributed by atoms with Crippen LogP contribution in [-0.2, 0) is 4.79 Å². The Labute approximate surface area is 81.2 Å². The first kappa shape index (κ1) is 10.1. The van der Waals surface area contributed by atoms with Crippen molar-refractivity contribution in [3.05, 3.63) is 36.8 Å². The fourth-order valence-corrected chi connectivity index (χ4v) is 0.923. The predicted octanol–water partition coefficient (Wildman–Crippen LogP) is 1.72. The molecule has 1 aromatic carbocycles. The highest BCUT2D eigenvalue weighted by molar-refractivity contribution is 5.76. The number of nitrogens with zero attached hydrogens (tertiary/aromatic N) is 2. The normalized spacial score (nSPS) is 8.93. The SMILES string of the molecule is CC(=O)O.c1ccc2ncncc2c1. The van der Waals surface area contributed by atoms with E-state index in [1.165, 1.54) is 0 Å². The van der Waals surface area contributed by atoms with E-state index in [9.17, 15) is 0 Å². The van der Waals surface area contributed by atoms with Gasteiger partial charge in [-0.2, -0.15) is 0 Å². The minimum Gasteiger partial charge on any atom is -0.481 e. The third kappa shape index (κ3) is 3.18. The van der Waals surface area contributed by atoms with Crippen LogP contribution in [0.15, 0.2) is 36.8 Å². The summed E-state index contributed by atoms with van der Waals surface area (Å²) in [6, 6.07) is 7.91. The van der Waals surface area contributed by atoms with Crippen LogP contribution in [0.2, 0.25) is 0 Å². The lowest BCUT2D eigenvalue weighted by molar-refractivity contribution is -0.134. The molecule has 0 aliphatic rings. The van der Waals surface area contributed by atoms with E-state index in [-0.39, 0.29) is 0 Å². The largest absolute Gasteiger partial charge is 0.481 e. The van der Waals surface area contributed by atoms with Crippen LogP contribution in [0.1, 0.15) is 6.92 Å². The lowest BCUT2D eigenvalue weighted by Gasteiger charge is -1.90. The molecular formula is C10H10N2O2. The zero-order valence-corrected chi connectivity index (χ0v) is 7.71. The second-order valence-corrected chi connectivity index (χ2v) is 2.60. The van der Waals surface area contributed by atoms with Crippen molar-refractivity contribution in [2.75, 3.05) is 0 Å². The zero-order chi connectivity index (χ0) is 10.4. The molecule has 2 aromatic rings. The molecule has 14 heavy (non-hydrogen) atoms. The second-order valence-electron chi connectivity index (χ2n) is 2.60. The van der Waals surface area contributed by atoms with Crippen LogP contribution in [0.4, 0.5) is 0 Å². The summed E-state index contributed by atoms with van der Waals surface area (Å²) in [5, 5.41) is 8.50. The van der Waals surface area contributed by atoms with E-state index >= 15 is 0 Å². The first-order chi connectivity index (χ1) is 6.70. The standard InChI is InChI=1S/C8H6N2.C2H4O2/c1-2-4-8-7(3-1)5-9-6-10-8;1-2(3)4/h1-6H;1H3,(H,3,4). The summed E-state index contributed by atoms with van der Waals surface area (Å²) in [7, 11) is 0. The van der Waals surface area contributed by atoms with Crippen molar-refractivity contribution >= 4 is 16.9 Å². The van der Waals surface area contributed by atoms with E-state index < -0.39 is 5.97 Å². The Kier molecular flexibility index (Phi) is 3.55. The number of para-hydroxylation sites is 1. The van der Waals surface area contributed by atoms with Crippen molar-refractivity contribution in [1.82, 2.24) is 9.97 Å². The van der Waals surface area contributed by atoms with Gasteiger partial charge in [0, 0.05) is 18.5 Å². The maximum Gasteiger partial charge on any atom is 0.300 e. The van der Waals surface area contributed by atoms with Crippen molar-refractivity contribution in [1.29, 1.82) is 0 Å². The Hall–Kier alpha value is -1.97. The Morgan fingerprint density at radius 1 is 1.36 bits per heavy atom. The second kappa shape index (κ2) is 4.91. The fourth-order valence-electron chi connectivity index (χ4n) is 0.923. The monoisotopic (exact) mass is 190 g/mol. The molecule has 0 atom stereocenters. The molecule has 72 valence electrons. The van der Waals surface area contributed by atoms with Gasteiger partial charge in [0.25, 0.3) is 5.97 Å². The van der Waals surface area contributed by atoms with E-state index in [4.69, 9.17) is 9.90 Å². The predicted molar refractivity (Wildman–Crippen MR) is 52.8 cm³/mol. The van der Waals surface area contributed by atoms with Crippen LogP contribution in [-0.4, -0.2) is 21.0 Å². The summed E-state index contributed by atoms with van der Waals surface area (Å²) in [4.78, 5) is 17.0. The lowest BCUT2D eigenvalue weighted by Crippen LogP contribution is -1.78. The van der Waals surface area contributed by atoms with Crippen LogP contribution in [0, 0.1) is 0 Å². The molecule has 0 unspecified atom stereocenters. The van der Waals surface area contributed by atoms with Gasteiger partial charge in [0.2, 0.25) is 0 Å². The molecule has 4 heteroatoms. The van der Waals surface area contributed by atoms with Gasteiger partial charge in [0.15, 0.2) is 0 Å². The van der Waals surface area contributed by atoms with Gasteiger partial charge in [-0.05, 0) is 6.07 Å². The molecule has 1 N–H and O–H groups in total. The number of hydrogen-bond donors (Lipinski definition) is 1. The van der Waals surface area contributed by atoms with Gasteiger partial charge in [-0.3, -0.25) is 4.79 Å². The number of fused-ring (bicyclic) bond motifs is 1. The van der Waals surface area contributed by atoms with Crippen molar-refractivity contribution in [3.8, 4) is 0 Å². The molecule has 2 rings (SSSR count). The molecule has 0 radical (unpaired) electrons. The van der Waals surface area contributed by atoms with Gasteiger partial charge >= 0.3 is 0 Å². The summed E-state index contributed by atoms with van der Waals surface area (Å²) < 4.78 is 0. The molecule has 0 aliphatic heterocycles. The minimum atomic E-state index is -0.833. The van der Waals surface area contributed by atoms with Gasteiger partial charge in [0.1, 0.15) is 6.33 Å². The summed E-state index contributed by atoms with van der Waals surface area (Å²) in [6.45, 7) is 1.08. The number of rotatable bonds is 0. The van der Waals surface area contributed by atoms with E-state index in [0.717, 1.165) is 17.8 Å². The molecule has 0 bridgehead atoms. The van der Waals surface area contributed by atoms with E-state index in [1.54, 1.807) is 6.33 Å². The third-order valence-corrected chi connectivity index (χ3v) is 1.41. The number of aliphatic carboxylic acids is 1. The van der Waals surface area contributed by atoms with Gasteiger partial charge in [0.05, 0.1) is 5.52 Å². The summed E-state index contributed by atoms with van der Waals surface area (Å²) >= 11 is 0. The number of carboxylic acid groups (broad SMARTS) is 1. The molecule has 1 heterocycles. The molecule has 0 saturated heterocycles. The van der Waals surface area contributed by atoms with E-state index in [0.29, 0.717) is 0 Å². The fraction of sp³-hybridized carbons (Fsp3) is 0.100. The van der Waals surface area contributed by atoms with E-state index in [1.807, 2.05) is 30.5 Å². The Balaban J connectivity index is 0.000000213. The number of aromatic nitrogens is 2. The third-order valence-electron chi connectivity index (χ3n) is 1.41. The van der Waals surface area contributed by atoms with Crippen LogP contribution in [0.5, 0.6) is 0 Å². The molecule has 0 aliphatic carbocycles. The molecule has 1 aromatic heterocycles. The Morgan fingerprint density at radius 3 is 2.64 bits per heavy atom. The molecule has 0 fully saturated rings. The molecule has 4 nitrogen and oxygen atoms in total. The van der Waals surface area contributed by atoms with Crippen molar-refractivity contribution in [2.45, 2.75) is 6.92 Å². The summed E-state index contributed by atoms with van der Waals surface area (Å²) in [5.74, 6) is -0.833. The maximum absolute atomic E-state index is 9.00.